The second kappa shape index (κ2) is 44.9. The maximum atomic E-state index is 16.1. The number of ketones is 1. The first kappa shape index (κ1) is 101. The van der Waals surface area contributed by atoms with Crippen LogP contribution >= 0.6 is 0 Å². The Labute approximate surface area is 847 Å². The average Bonchev–Trinajstić information content (AvgIpc) is 1.58. The molecule has 5 saturated heterocycles. The predicted octanol–water partition coefficient (Wildman–Crippen LogP) is 16.5. The number of carbonyl (C=O) groups is 6. The van der Waals surface area contributed by atoms with Gasteiger partial charge in [0.15, 0.2) is 28.7 Å². The molecule has 15 aromatic rings. The number of benzene rings is 7. The monoisotopic (exact) mass is 2010 g/mol. The fourth-order valence-electron chi connectivity index (χ4n) is 20.5. The third-order valence-electron chi connectivity index (χ3n) is 28.7. The number of Topliss-reactive ketones (excluding diaryl/α,β-unsaturated/α-hetero) is 1. The van der Waals surface area contributed by atoms with Crippen LogP contribution in [0.3, 0.4) is 0 Å². The summed E-state index contributed by atoms with van der Waals surface area (Å²) in [5.41, 5.74) is 8.80. The first-order chi connectivity index (χ1) is 71.9. The number of nitrogens with one attached hydrogen (secondary N) is 5. The molecule has 7 aromatic carbocycles. The van der Waals surface area contributed by atoms with Crippen molar-refractivity contribution in [2.75, 3.05) is 137 Å². The Balaban J connectivity index is 0.000000140. The molecule has 0 unspecified atom stereocenters. The highest BCUT2D eigenvalue weighted by Crippen LogP contribution is 2.43. The van der Waals surface area contributed by atoms with Crippen LogP contribution in [0.2, 0.25) is 0 Å². The summed E-state index contributed by atoms with van der Waals surface area (Å²) in [6.45, 7) is 6.25. The summed E-state index contributed by atoms with van der Waals surface area (Å²) in [5, 5.41) is 30.0. The zero-order valence-corrected chi connectivity index (χ0v) is 81.5. The molecule has 6 aliphatic rings. The standard InChI is InChI=1S/C38H38F3N7O3.C36H34F2N8O3.C36H36FN7O4/c1-51-24-37(32(49)20-25-3-8-30-29(19-25)34(46-45-30)27-9-15-42-31(21-27)35(39)40)10-16-47(23-37)22-33(50)48-17-11-38(41,12-18-48)28-6-4-26(5-7-28)36-43-13-2-14-44-36;1-49-36(35(48)42-27-7-8-29-28(20-27)32(44-43-29)26-9-15-39-30(19-26)33(37)38)12-18-45(22-36)21-31(47)46-16-10-24(11-17-46)23-3-5-25(6-4-23)34-40-13-2-14-41-34;1-47-48-36(35(46)40-29-11-12-31-30(21-29)33(42-41-31)26-7-9-28(37)10-8-26)15-20-43(23-36)22-32(45)44-18-13-25(14-19-44)24-3-5-27(6-4-24)34-38-16-2-17-39-34/h2-9,13-15,19,21,35H,10-12,16-18,20,22-24H2,1H3,(H,45,46);2-10,13-15,19-20,33H,11-12,16-18,21-22H2,1H3,(H,42,48)(H,43,44);2-12,16-17,21,25H,13-15,18-20,22-23H2,1H3,(H,40,46)(H,41,42)/t37-;2*36-/m100/s1. The summed E-state index contributed by atoms with van der Waals surface area (Å²) in [7, 11) is 4.44. The van der Waals surface area contributed by atoms with Gasteiger partial charge in [-0.2, -0.15) is 15.3 Å². The Morgan fingerprint density at radius 3 is 1.39 bits per heavy atom. The highest BCUT2D eigenvalue weighted by Gasteiger charge is 2.50. The molecule has 14 heterocycles. The molecule has 760 valence electrons. The fourth-order valence-corrected chi connectivity index (χ4v) is 20.5. The van der Waals surface area contributed by atoms with E-state index in [9.17, 15) is 50.7 Å². The van der Waals surface area contributed by atoms with E-state index in [1.54, 1.807) is 128 Å². The molecule has 32 nitrogen and oxygen atoms in total. The number of fused-ring (bicyclic) bond motifs is 3. The highest BCUT2D eigenvalue weighted by molar-refractivity contribution is 6.04. The zero-order chi connectivity index (χ0) is 103. The zero-order valence-electron chi connectivity index (χ0n) is 81.5. The number of pyridine rings is 2. The Bertz CT molecular complexity index is 7290. The molecule has 38 heteroatoms. The van der Waals surface area contributed by atoms with E-state index in [-0.39, 0.29) is 111 Å². The van der Waals surface area contributed by atoms with Crippen LogP contribution in [-0.4, -0.2) is 272 Å². The van der Waals surface area contributed by atoms with Crippen LogP contribution in [0.4, 0.5) is 37.7 Å². The van der Waals surface area contributed by atoms with Crippen molar-refractivity contribution < 1.29 is 74.4 Å². The second-order valence-electron chi connectivity index (χ2n) is 38.0. The number of anilines is 2. The Hall–Kier alpha value is -15.5. The summed E-state index contributed by atoms with van der Waals surface area (Å²) in [6, 6.07) is 57.2. The van der Waals surface area contributed by atoms with Gasteiger partial charge in [0.05, 0.1) is 61.0 Å². The van der Waals surface area contributed by atoms with E-state index in [0.29, 0.717) is 175 Å². The number of nitrogens with zero attached hydrogens (tertiary/aromatic N) is 17. The molecule has 21 rings (SSSR count). The molecule has 6 aliphatic heterocycles. The number of methoxy groups -OCH3 is 2. The number of alkyl halides is 5. The normalized spacial score (nSPS) is 18.7. The summed E-state index contributed by atoms with van der Waals surface area (Å²) in [6.07, 6.45) is 14.0. The van der Waals surface area contributed by atoms with Crippen molar-refractivity contribution in [3.63, 3.8) is 0 Å². The lowest BCUT2D eigenvalue weighted by Gasteiger charge is -2.37. The number of hydrogen-bond acceptors (Lipinski definition) is 24. The maximum absolute atomic E-state index is 16.1. The summed E-state index contributed by atoms with van der Waals surface area (Å²) in [4.78, 5) is 137. The number of aromatic nitrogens is 14. The van der Waals surface area contributed by atoms with E-state index in [1.165, 1.54) is 62.0 Å². The first-order valence-corrected chi connectivity index (χ1v) is 49.0. The molecule has 0 aliphatic carbocycles. The third-order valence-corrected chi connectivity index (χ3v) is 28.7. The van der Waals surface area contributed by atoms with Gasteiger partial charge in [0.1, 0.15) is 40.0 Å². The van der Waals surface area contributed by atoms with Crippen LogP contribution in [0.25, 0.3) is 106 Å². The number of H-pyrrole nitrogens is 3. The van der Waals surface area contributed by atoms with Gasteiger partial charge < -0.3 is 34.8 Å². The molecule has 0 radical (unpaired) electrons. The van der Waals surface area contributed by atoms with Gasteiger partial charge in [0, 0.05) is 222 Å². The number of amides is 5. The minimum Gasteiger partial charge on any atom is -0.384 e. The SMILES string of the molecule is COC[C@@]1(C(=O)Cc2ccc3[nH]nc(-c4ccnc(C(F)F)c4)c3c2)CCN(CC(=O)N2CCC(F)(c3ccc(-c4ncccn4)cc3)CC2)C1.COO[C@@]1(C(=O)Nc2ccc3[nH]nc(-c4ccc(F)cc4)c3c2)CCN(CC(=O)N2CCC(c3ccc(-c4ncccn4)cc3)CC2)C1.CO[C@@]1(C(=O)Nc2ccc3[nH]nc(-c4ccnc(C(F)F)c4)c3c2)CCN(CC(=O)N2CC=C(c3ccc(-c4ncccn4)cc3)CC2)C1. The van der Waals surface area contributed by atoms with E-state index in [1.807, 2.05) is 79.1 Å². The summed E-state index contributed by atoms with van der Waals surface area (Å²) in [5.74, 6) is 1.28. The smallest absolute Gasteiger partial charge is 0.280 e. The minimum atomic E-state index is -2.71. The average molecular weight is 2010 g/mol. The molecule has 8 aromatic heterocycles. The Kier molecular flexibility index (Phi) is 30.7. The van der Waals surface area contributed by atoms with Crippen LogP contribution in [0.1, 0.15) is 104 Å². The predicted molar refractivity (Wildman–Crippen MR) is 543 cm³/mol. The lowest BCUT2D eigenvalue weighted by molar-refractivity contribution is -0.328. The molecule has 3 atom stereocenters. The maximum Gasteiger partial charge on any atom is 0.280 e. The molecule has 5 amide bonds. The largest absolute Gasteiger partial charge is 0.384 e. The molecule has 0 bridgehead atoms. The van der Waals surface area contributed by atoms with Crippen molar-refractivity contribution in [1.29, 1.82) is 0 Å². The van der Waals surface area contributed by atoms with Gasteiger partial charge in [-0.3, -0.25) is 68.7 Å². The molecule has 148 heavy (non-hydrogen) atoms. The number of ether oxygens (including phenoxy) is 2. The van der Waals surface area contributed by atoms with Crippen molar-refractivity contribution >= 4 is 85.0 Å². The van der Waals surface area contributed by atoms with Crippen LogP contribution < -0.4 is 10.6 Å². The van der Waals surface area contributed by atoms with Gasteiger partial charge in [-0.15, -0.1) is 0 Å². The number of piperidine rings is 2. The number of rotatable bonds is 29. The van der Waals surface area contributed by atoms with Gasteiger partial charge in [0.25, 0.3) is 24.7 Å². The molecule has 5 N–H and O–H groups in total. The number of hydrogen-bond donors (Lipinski definition) is 5. The second-order valence-corrected chi connectivity index (χ2v) is 38.0. The third kappa shape index (κ3) is 22.7. The molecule has 5 fully saturated rings. The van der Waals surface area contributed by atoms with Crippen molar-refractivity contribution in [3.8, 4) is 67.9 Å². The number of likely N-dealkylation sites (tertiary alicyclic amines) is 5. The van der Waals surface area contributed by atoms with E-state index < -0.39 is 35.1 Å². The molecular weight excluding hydrogens is 1900 g/mol. The van der Waals surface area contributed by atoms with E-state index >= 15 is 4.39 Å². The minimum absolute atomic E-state index is 0.00220. The Morgan fingerprint density at radius 2 is 0.885 bits per heavy atom. The topological polar surface area (TPSA) is 372 Å². The lowest BCUT2D eigenvalue weighted by atomic mass is 9.80. The lowest BCUT2D eigenvalue weighted by Crippen LogP contribution is -2.49. The van der Waals surface area contributed by atoms with Crippen LogP contribution in [0.15, 0.2) is 250 Å². The van der Waals surface area contributed by atoms with Gasteiger partial charge >= 0.3 is 0 Å². The number of aromatic amines is 3. The number of carbonyl (C=O) groups excluding carboxylic acids is 6. The van der Waals surface area contributed by atoms with E-state index in [4.69, 9.17) is 19.2 Å². The van der Waals surface area contributed by atoms with Gasteiger partial charge in [0.2, 0.25) is 17.7 Å². The van der Waals surface area contributed by atoms with Crippen LogP contribution in [0.5, 0.6) is 0 Å². The first-order valence-electron chi connectivity index (χ1n) is 49.0. The molecule has 0 saturated carbocycles. The van der Waals surface area contributed by atoms with Crippen molar-refractivity contribution in [1.82, 2.24) is 99.9 Å². The van der Waals surface area contributed by atoms with Gasteiger partial charge in [-0.05, 0) is 188 Å². The van der Waals surface area contributed by atoms with E-state index in [2.05, 4.69) is 124 Å². The molecular formula is C110H108F6N22O10. The number of halogens is 6. The Morgan fingerprint density at radius 1 is 0.439 bits per heavy atom. The van der Waals surface area contributed by atoms with Crippen molar-refractivity contribution in [2.24, 2.45) is 5.41 Å². The fraction of sp³-hybridized carbons (Fsp3) is 0.318. The highest BCUT2D eigenvalue weighted by atomic mass is 19.3. The van der Waals surface area contributed by atoms with Crippen LogP contribution in [0, 0.1) is 11.2 Å². The quantitative estimate of drug-likeness (QED) is 0.0165. The summed E-state index contributed by atoms with van der Waals surface area (Å²) < 4.78 is 94.1. The van der Waals surface area contributed by atoms with Crippen LogP contribution in [-0.2, 0) is 60.1 Å². The summed E-state index contributed by atoms with van der Waals surface area (Å²) >= 11 is 0. The van der Waals surface area contributed by atoms with Gasteiger partial charge in [-0.25, -0.2) is 66.0 Å². The van der Waals surface area contributed by atoms with Crippen molar-refractivity contribution in [2.45, 2.75) is 93.4 Å². The van der Waals surface area contributed by atoms with Gasteiger partial charge in [-0.1, -0.05) is 84.9 Å². The van der Waals surface area contributed by atoms with Crippen molar-refractivity contribution in [3.05, 3.63) is 289 Å². The molecule has 0 spiro atoms. The van der Waals surface area contributed by atoms with E-state index in [0.717, 1.165) is 63.5 Å².